The molecule has 0 spiro atoms. The number of aryl methyl sites for hydroxylation is 3. The first-order valence-corrected chi connectivity index (χ1v) is 9.32. The lowest BCUT2D eigenvalue weighted by Crippen LogP contribution is -2.14. The number of thioether (sulfide) groups is 1. The van der Waals surface area contributed by atoms with Gasteiger partial charge in [-0.05, 0) is 31.0 Å². The highest BCUT2D eigenvalue weighted by Gasteiger charge is 2.10. The Labute approximate surface area is 149 Å². The molecule has 5 nitrogen and oxygen atoms in total. The number of thiazole rings is 1. The third-order valence-electron chi connectivity index (χ3n) is 3.66. The van der Waals surface area contributed by atoms with Crippen molar-refractivity contribution >= 4 is 34.1 Å². The van der Waals surface area contributed by atoms with Crippen LogP contribution in [0.15, 0.2) is 41.1 Å². The van der Waals surface area contributed by atoms with Gasteiger partial charge in [-0.15, -0.1) is 11.3 Å². The smallest absolute Gasteiger partial charge is 0.236 e. The highest BCUT2D eigenvalue weighted by Crippen LogP contribution is 2.26. The molecule has 2 heterocycles. The van der Waals surface area contributed by atoms with E-state index < -0.39 is 0 Å². The fourth-order valence-corrected chi connectivity index (χ4v) is 3.61. The highest BCUT2D eigenvalue weighted by molar-refractivity contribution is 7.99. The monoisotopic (exact) mass is 358 g/mol. The maximum atomic E-state index is 12.1. The number of hydrogen-bond donors (Lipinski definition) is 1. The summed E-state index contributed by atoms with van der Waals surface area (Å²) in [5.41, 5.74) is 4.44. The van der Waals surface area contributed by atoms with Crippen molar-refractivity contribution in [2.45, 2.75) is 19.0 Å². The summed E-state index contributed by atoms with van der Waals surface area (Å²) in [6, 6.07) is 6.26. The number of imidazole rings is 1. The second kappa shape index (κ2) is 7.19. The maximum Gasteiger partial charge on any atom is 0.236 e. The molecule has 1 N–H and O–H groups in total. The van der Waals surface area contributed by atoms with Crippen LogP contribution in [0, 0.1) is 13.8 Å². The molecule has 0 radical (unpaired) electrons. The van der Waals surface area contributed by atoms with Crippen LogP contribution in [-0.4, -0.2) is 26.2 Å². The van der Waals surface area contributed by atoms with Crippen molar-refractivity contribution in [2.75, 3.05) is 11.1 Å². The standard InChI is InChI=1S/C17H18N4OS2/c1-11-4-5-13(8-12(11)2)14-9-23-16(19-14)20-15(22)10-24-17-18-6-7-21(17)3/h4-9H,10H2,1-3H3,(H,19,20,22). The Kier molecular flexibility index (Phi) is 5.01. The molecule has 1 amide bonds. The van der Waals surface area contributed by atoms with Crippen LogP contribution in [0.1, 0.15) is 11.1 Å². The average molecular weight is 358 g/mol. The van der Waals surface area contributed by atoms with Crippen LogP contribution in [0.2, 0.25) is 0 Å². The number of anilines is 1. The Hall–Kier alpha value is -2.12. The zero-order valence-corrected chi connectivity index (χ0v) is 15.4. The summed E-state index contributed by atoms with van der Waals surface area (Å²) in [5, 5.41) is 6.25. The normalized spacial score (nSPS) is 10.8. The molecule has 0 aliphatic carbocycles. The Morgan fingerprint density at radius 2 is 2.17 bits per heavy atom. The molecule has 0 saturated carbocycles. The summed E-state index contributed by atoms with van der Waals surface area (Å²) in [4.78, 5) is 20.8. The summed E-state index contributed by atoms with van der Waals surface area (Å²) >= 11 is 2.84. The van der Waals surface area contributed by atoms with Crippen LogP contribution in [0.4, 0.5) is 5.13 Å². The lowest BCUT2D eigenvalue weighted by Gasteiger charge is -2.03. The van der Waals surface area contributed by atoms with E-state index in [9.17, 15) is 4.79 Å². The molecule has 0 aliphatic rings. The number of rotatable bonds is 5. The van der Waals surface area contributed by atoms with E-state index in [0.717, 1.165) is 16.4 Å². The van der Waals surface area contributed by atoms with Crippen molar-refractivity contribution in [2.24, 2.45) is 7.05 Å². The summed E-state index contributed by atoms with van der Waals surface area (Å²) in [7, 11) is 1.91. The zero-order chi connectivity index (χ0) is 17.1. The molecule has 0 fully saturated rings. The van der Waals surface area contributed by atoms with Gasteiger partial charge >= 0.3 is 0 Å². The first-order valence-electron chi connectivity index (χ1n) is 7.46. The fourth-order valence-electron chi connectivity index (χ4n) is 2.14. The van der Waals surface area contributed by atoms with E-state index in [1.54, 1.807) is 6.20 Å². The molecule has 0 bridgehead atoms. The Bertz CT molecular complexity index is 869. The molecule has 2 aromatic heterocycles. The van der Waals surface area contributed by atoms with Gasteiger partial charge < -0.3 is 9.88 Å². The lowest BCUT2D eigenvalue weighted by atomic mass is 10.1. The predicted molar refractivity (Wildman–Crippen MR) is 99.6 cm³/mol. The first-order chi connectivity index (χ1) is 11.5. The van der Waals surface area contributed by atoms with E-state index in [1.807, 2.05) is 23.2 Å². The van der Waals surface area contributed by atoms with Gasteiger partial charge in [0.1, 0.15) is 0 Å². The number of nitrogens with zero attached hydrogens (tertiary/aromatic N) is 3. The third-order valence-corrected chi connectivity index (χ3v) is 5.48. The van der Waals surface area contributed by atoms with Gasteiger partial charge in [-0.25, -0.2) is 9.97 Å². The highest BCUT2D eigenvalue weighted by atomic mass is 32.2. The minimum Gasteiger partial charge on any atom is -0.329 e. The van der Waals surface area contributed by atoms with E-state index in [0.29, 0.717) is 10.9 Å². The molecule has 0 unspecified atom stereocenters. The van der Waals surface area contributed by atoms with Crippen LogP contribution >= 0.6 is 23.1 Å². The van der Waals surface area contributed by atoms with Crippen LogP contribution in [-0.2, 0) is 11.8 Å². The van der Waals surface area contributed by atoms with Crippen molar-refractivity contribution < 1.29 is 4.79 Å². The number of carbonyl (C=O) groups excluding carboxylic acids is 1. The summed E-state index contributed by atoms with van der Waals surface area (Å²) < 4.78 is 1.89. The molecule has 0 aliphatic heterocycles. The van der Waals surface area contributed by atoms with Gasteiger partial charge in [-0.1, -0.05) is 23.9 Å². The zero-order valence-electron chi connectivity index (χ0n) is 13.7. The minimum atomic E-state index is -0.0796. The number of benzene rings is 1. The van der Waals surface area contributed by atoms with Gasteiger partial charge in [-0.3, -0.25) is 4.79 Å². The average Bonchev–Trinajstić information content (AvgIpc) is 3.17. The lowest BCUT2D eigenvalue weighted by molar-refractivity contribution is -0.113. The molecule has 7 heteroatoms. The summed E-state index contributed by atoms with van der Waals surface area (Å²) in [5.74, 6) is 0.229. The number of hydrogen-bond acceptors (Lipinski definition) is 5. The van der Waals surface area contributed by atoms with E-state index >= 15 is 0 Å². The fraction of sp³-hybridized carbons (Fsp3) is 0.235. The Morgan fingerprint density at radius 3 is 2.88 bits per heavy atom. The van der Waals surface area contributed by atoms with E-state index in [2.05, 4.69) is 47.3 Å². The van der Waals surface area contributed by atoms with Gasteiger partial charge in [0.2, 0.25) is 5.91 Å². The van der Waals surface area contributed by atoms with Crippen molar-refractivity contribution in [1.82, 2.24) is 14.5 Å². The maximum absolute atomic E-state index is 12.1. The van der Waals surface area contributed by atoms with Crippen LogP contribution in [0.3, 0.4) is 0 Å². The topological polar surface area (TPSA) is 59.8 Å². The molecule has 0 saturated heterocycles. The summed E-state index contributed by atoms with van der Waals surface area (Å²) in [6.07, 6.45) is 3.58. The third kappa shape index (κ3) is 3.85. The van der Waals surface area contributed by atoms with Crippen LogP contribution < -0.4 is 5.32 Å². The number of carbonyl (C=O) groups is 1. The van der Waals surface area contributed by atoms with Gasteiger partial charge in [0.25, 0.3) is 0 Å². The molecule has 1 aromatic carbocycles. The summed E-state index contributed by atoms with van der Waals surface area (Å²) in [6.45, 7) is 4.17. The molecule has 124 valence electrons. The van der Waals surface area contributed by atoms with E-state index in [4.69, 9.17) is 0 Å². The van der Waals surface area contributed by atoms with Crippen molar-refractivity contribution in [1.29, 1.82) is 0 Å². The van der Waals surface area contributed by atoms with Gasteiger partial charge in [-0.2, -0.15) is 0 Å². The Morgan fingerprint density at radius 1 is 1.33 bits per heavy atom. The first kappa shape index (κ1) is 16.7. The van der Waals surface area contributed by atoms with E-state index in [-0.39, 0.29) is 5.91 Å². The van der Waals surface area contributed by atoms with E-state index in [1.165, 1.54) is 34.2 Å². The Balaban J connectivity index is 1.62. The second-order valence-corrected chi connectivity index (χ2v) is 7.30. The molecule has 0 atom stereocenters. The molecule has 3 aromatic rings. The van der Waals surface area contributed by atoms with Crippen LogP contribution in [0.25, 0.3) is 11.3 Å². The van der Waals surface area contributed by atoms with Gasteiger partial charge in [0, 0.05) is 30.4 Å². The molecular weight excluding hydrogens is 340 g/mol. The van der Waals surface area contributed by atoms with Crippen molar-refractivity contribution in [3.05, 3.63) is 47.1 Å². The number of aromatic nitrogens is 3. The number of nitrogens with one attached hydrogen (secondary N) is 1. The van der Waals surface area contributed by atoms with Crippen molar-refractivity contribution in [3.8, 4) is 11.3 Å². The predicted octanol–water partition coefficient (Wildman–Crippen LogP) is 3.89. The molecule has 24 heavy (non-hydrogen) atoms. The minimum absolute atomic E-state index is 0.0796. The van der Waals surface area contributed by atoms with Crippen LogP contribution in [0.5, 0.6) is 0 Å². The molecule has 3 rings (SSSR count). The van der Waals surface area contributed by atoms with Gasteiger partial charge in [0.15, 0.2) is 10.3 Å². The largest absolute Gasteiger partial charge is 0.329 e. The second-order valence-electron chi connectivity index (χ2n) is 5.49. The van der Waals surface area contributed by atoms with Gasteiger partial charge in [0.05, 0.1) is 11.4 Å². The van der Waals surface area contributed by atoms with Crippen molar-refractivity contribution in [3.63, 3.8) is 0 Å². The quantitative estimate of drug-likeness (QED) is 0.703. The SMILES string of the molecule is Cc1ccc(-c2csc(NC(=O)CSc3nccn3C)n2)cc1C. The molecular formula is C17H18N4OS2. The number of amides is 1.